The average Bonchev–Trinajstić information content (AvgIpc) is 3.06. The van der Waals surface area contributed by atoms with Crippen LogP contribution in [0.4, 0.5) is 5.82 Å². The van der Waals surface area contributed by atoms with Crippen molar-refractivity contribution in [1.82, 2.24) is 35.8 Å². The third-order valence-electron chi connectivity index (χ3n) is 2.06. The minimum Gasteiger partial charge on any atom is -0.358 e. The molecule has 0 saturated carbocycles. The summed E-state index contributed by atoms with van der Waals surface area (Å²) < 4.78 is 9.02. The molecular formula is C6H2N8O4S. The van der Waals surface area contributed by atoms with E-state index < -0.39 is 10.7 Å². The molecule has 0 radical (unpaired) electrons. The normalized spacial score (nSPS) is 10.7. The first-order valence-corrected chi connectivity index (χ1v) is 5.02. The lowest BCUT2D eigenvalue weighted by atomic mass is 10.4. The van der Waals surface area contributed by atoms with E-state index in [1.807, 2.05) is 0 Å². The Labute approximate surface area is 106 Å². The molecule has 3 aromatic rings. The van der Waals surface area contributed by atoms with Crippen molar-refractivity contribution in [2.24, 2.45) is 0 Å². The molecule has 19 heavy (non-hydrogen) atoms. The minimum absolute atomic E-state index is 0.000324. The molecule has 0 amide bonds. The van der Waals surface area contributed by atoms with Crippen LogP contribution in [0.1, 0.15) is 0 Å². The van der Waals surface area contributed by atoms with Crippen LogP contribution in [-0.2, 0) is 0 Å². The predicted molar refractivity (Wildman–Crippen MR) is 57.0 cm³/mol. The second-order valence-corrected chi connectivity index (χ2v) is 3.57. The molecule has 0 fully saturated rings. The van der Waals surface area contributed by atoms with Crippen molar-refractivity contribution in [3.8, 4) is 23.0 Å². The third kappa shape index (κ3) is 1.77. The summed E-state index contributed by atoms with van der Waals surface area (Å²) in [5.41, 5.74) is 0.0127. The molecule has 3 aromatic heterocycles. The number of hydrogen-bond acceptors (Lipinski definition) is 10. The lowest BCUT2D eigenvalue weighted by Gasteiger charge is -1.87. The highest BCUT2D eigenvalue weighted by atomic mass is 32.1. The molecule has 96 valence electrons. The third-order valence-corrected chi connectivity index (χ3v) is 2.33. The maximum Gasteiger partial charge on any atom is 0.445 e. The van der Waals surface area contributed by atoms with Gasteiger partial charge in [0.25, 0.3) is 5.69 Å². The van der Waals surface area contributed by atoms with Crippen LogP contribution in [0.15, 0.2) is 9.26 Å². The van der Waals surface area contributed by atoms with Crippen LogP contribution < -0.4 is 0 Å². The zero-order chi connectivity index (χ0) is 13.4. The smallest absolute Gasteiger partial charge is 0.358 e. The van der Waals surface area contributed by atoms with Gasteiger partial charge in [-0.3, -0.25) is 9.73 Å². The zero-order valence-corrected chi connectivity index (χ0v) is 9.54. The SMILES string of the molecule is O=[N+]([O-])c1nonc1-c1nc(-c2no[nH]c2=S)n[nH]1. The first kappa shape index (κ1) is 11.1. The standard InChI is InChI=1S/C6H2N8O4S/c15-14(16)5-1(10-17-12-5)3-7-4(9-8-3)2-6(19)13-18-11-2/h(H,13,19)(H,7,8,9). The largest absolute Gasteiger partial charge is 0.445 e. The number of nitrogens with one attached hydrogen (secondary N) is 2. The maximum absolute atomic E-state index is 10.7. The molecule has 0 bridgehead atoms. The van der Waals surface area contributed by atoms with E-state index in [9.17, 15) is 10.1 Å². The van der Waals surface area contributed by atoms with Crippen molar-refractivity contribution in [3.63, 3.8) is 0 Å². The lowest BCUT2D eigenvalue weighted by Crippen LogP contribution is -1.92. The molecule has 0 aliphatic rings. The van der Waals surface area contributed by atoms with Crippen molar-refractivity contribution in [3.05, 3.63) is 14.8 Å². The summed E-state index contributed by atoms with van der Waals surface area (Å²) in [4.78, 5) is 13.9. The van der Waals surface area contributed by atoms with Gasteiger partial charge in [0.2, 0.25) is 5.82 Å². The van der Waals surface area contributed by atoms with Crippen LogP contribution in [0, 0.1) is 14.8 Å². The molecule has 3 rings (SSSR count). The zero-order valence-electron chi connectivity index (χ0n) is 8.72. The molecule has 12 nitrogen and oxygen atoms in total. The fourth-order valence-electron chi connectivity index (χ4n) is 1.27. The van der Waals surface area contributed by atoms with E-state index in [-0.39, 0.29) is 27.7 Å². The summed E-state index contributed by atoms with van der Waals surface area (Å²) in [6.45, 7) is 0. The van der Waals surface area contributed by atoms with E-state index in [4.69, 9.17) is 12.2 Å². The van der Waals surface area contributed by atoms with Gasteiger partial charge in [-0.2, -0.15) is 10.3 Å². The topological polar surface area (TPSA) is 165 Å². The Morgan fingerprint density at radius 1 is 1.26 bits per heavy atom. The quantitative estimate of drug-likeness (QED) is 0.391. The Hall–Kier alpha value is -2.96. The highest BCUT2D eigenvalue weighted by Crippen LogP contribution is 2.24. The Kier molecular flexibility index (Phi) is 2.38. The number of nitrogens with zero attached hydrogens (tertiary/aromatic N) is 6. The molecule has 0 aromatic carbocycles. The van der Waals surface area contributed by atoms with Crippen molar-refractivity contribution in [2.45, 2.75) is 0 Å². The Morgan fingerprint density at radius 3 is 2.79 bits per heavy atom. The van der Waals surface area contributed by atoms with Crippen molar-refractivity contribution in [2.75, 3.05) is 0 Å². The lowest BCUT2D eigenvalue weighted by molar-refractivity contribution is -0.390. The highest BCUT2D eigenvalue weighted by molar-refractivity contribution is 7.71. The van der Waals surface area contributed by atoms with E-state index in [1.165, 1.54) is 0 Å². The predicted octanol–water partition coefficient (Wildman–Crippen LogP) is 0.475. The first-order chi connectivity index (χ1) is 9.16. The molecule has 2 N–H and O–H groups in total. The average molecular weight is 282 g/mol. The first-order valence-electron chi connectivity index (χ1n) is 4.61. The van der Waals surface area contributed by atoms with Gasteiger partial charge in [0, 0.05) is 0 Å². The summed E-state index contributed by atoms with van der Waals surface area (Å²) in [5.74, 6) is -0.476. The van der Waals surface area contributed by atoms with Gasteiger partial charge in [0.15, 0.2) is 21.3 Å². The molecule has 0 atom stereocenters. The van der Waals surface area contributed by atoms with Gasteiger partial charge in [-0.15, -0.1) is 4.63 Å². The van der Waals surface area contributed by atoms with Crippen LogP contribution >= 0.6 is 12.2 Å². The number of aromatic amines is 2. The van der Waals surface area contributed by atoms with Gasteiger partial charge in [-0.25, -0.2) is 4.98 Å². The van der Waals surface area contributed by atoms with E-state index in [0.29, 0.717) is 0 Å². The van der Waals surface area contributed by atoms with E-state index >= 15 is 0 Å². The summed E-state index contributed by atoms with van der Waals surface area (Å²) >= 11 is 4.88. The van der Waals surface area contributed by atoms with E-state index in [1.54, 1.807) is 0 Å². The summed E-state index contributed by atoms with van der Waals surface area (Å²) in [7, 11) is 0. The van der Waals surface area contributed by atoms with Crippen LogP contribution in [0.5, 0.6) is 0 Å². The Balaban J connectivity index is 2.07. The monoisotopic (exact) mass is 282 g/mol. The van der Waals surface area contributed by atoms with Gasteiger partial charge in [-0.05, 0) is 15.2 Å². The molecule has 0 saturated heterocycles. The van der Waals surface area contributed by atoms with E-state index in [0.717, 1.165) is 0 Å². The van der Waals surface area contributed by atoms with Gasteiger partial charge >= 0.3 is 5.82 Å². The van der Waals surface area contributed by atoms with Crippen LogP contribution in [0.2, 0.25) is 0 Å². The number of H-pyrrole nitrogens is 2. The fraction of sp³-hybridized carbons (Fsp3) is 0. The van der Waals surface area contributed by atoms with Crippen molar-refractivity contribution in [1.29, 1.82) is 0 Å². The molecular weight excluding hydrogens is 280 g/mol. The Morgan fingerprint density at radius 2 is 2.11 bits per heavy atom. The molecule has 0 aliphatic heterocycles. The Bertz CT molecular complexity index is 798. The number of rotatable bonds is 3. The number of nitro groups is 1. The van der Waals surface area contributed by atoms with Crippen LogP contribution in [0.25, 0.3) is 23.0 Å². The van der Waals surface area contributed by atoms with Gasteiger partial charge in [0.1, 0.15) is 0 Å². The molecule has 0 spiro atoms. The van der Waals surface area contributed by atoms with E-state index in [2.05, 4.69) is 45.1 Å². The van der Waals surface area contributed by atoms with Gasteiger partial charge in [-0.1, -0.05) is 12.2 Å². The second kappa shape index (κ2) is 4.05. The summed E-state index contributed by atoms with van der Waals surface area (Å²) in [5, 5.41) is 29.3. The summed E-state index contributed by atoms with van der Waals surface area (Å²) in [6, 6.07) is 0. The van der Waals surface area contributed by atoms with Crippen LogP contribution in [0.3, 0.4) is 0 Å². The maximum atomic E-state index is 10.7. The summed E-state index contributed by atoms with van der Waals surface area (Å²) in [6.07, 6.45) is 0. The molecule has 0 aliphatic carbocycles. The molecule has 13 heteroatoms. The molecule has 3 heterocycles. The van der Waals surface area contributed by atoms with Crippen molar-refractivity contribution < 1.29 is 14.2 Å². The molecule has 0 unspecified atom stereocenters. The van der Waals surface area contributed by atoms with Crippen LogP contribution in [-0.4, -0.2) is 40.7 Å². The number of aromatic nitrogens is 7. The van der Waals surface area contributed by atoms with Gasteiger partial charge in [0.05, 0.1) is 0 Å². The highest BCUT2D eigenvalue weighted by Gasteiger charge is 2.27. The number of hydrogen-bond donors (Lipinski definition) is 2. The van der Waals surface area contributed by atoms with Crippen molar-refractivity contribution >= 4 is 18.0 Å². The fourth-order valence-corrected chi connectivity index (χ4v) is 1.43. The van der Waals surface area contributed by atoms with Gasteiger partial charge < -0.3 is 10.1 Å². The minimum atomic E-state index is -0.754. The second-order valence-electron chi connectivity index (χ2n) is 3.16.